The molecule has 1 atom stereocenters. The van der Waals surface area contributed by atoms with Crippen molar-refractivity contribution in [3.05, 3.63) is 30.3 Å². The molecule has 2 heteroatoms. The Labute approximate surface area is 77.8 Å². The standard InChI is InChI=1S/C10H14OS/c1-9(11)7-8-12-10-5-3-2-4-6-10/h2-6,9,11H,7-8H2,1H3/t9-/m0/s1. The summed E-state index contributed by atoms with van der Waals surface area (Å²) in [5.74, 6) is 0.988. The van der Waals surface area contributed by atoms with Crippen LogP contribution in [0.4, 0.5) is 0 Å². The van der Waals surface area contributed by atoms with Crippen LogP contribution in [0.25, 0.3) is 0 Å². The van der Waals surface area contributed by atoms with Gasteiger partial charge in [-0.1, -0.05) is 18.2 Å². The molecule has 0 aromatic heterocycles. The van der Waals surface area contributed by atoms with E-state index in [1.54, 1.807) is 11.8 Å². The highest BCUT2D eigenvalue weighted by atomic mass is 32.2. The third-order valence-electron chi connectivity index (χ3n) is 1.55. The Hall–Kier alpha value is -0.470. The molecule has 12 heavy (non-hydrogen) atoms. The van der Waals surface area contributed by atoms with Gasteiger partial charge in [0.15, 0.2) is 0 Å². The number of aliphatic hydroxyl groups is 1. The summed E-state index contributed by atoms with van der Waals surface area (Å²) >= 11 is 1.79. The summed E-state index contributed by atoms with van der Waals surface area (Å²) in [7, 11) is 0. The smallest absolute Gasteiger partial charge is 0.0520 e. The maximum Gasteiger partial charge on any atom is 0.0520 e. The number of aliphatic hydroxyl groups excluding tert-OH is 1. The molecule has 0 amide bonds. The van der Waals surface area contributed by atoms with Gasteiger partial charge in [-0.15, -0.1) is 11.8 Å². The second-order valence-electron chi connectivity index (χ2n) is 2.80. The third-order valence-corrected chi connectivity index (χ3v) is 2.59. The predicted octanol–water partition coefficient (Wildman–Crippen LogP) is 2.55. The molecule has 0 radical (unpaired) electrons. The van der Waals surface area contributed by atoms with Crippen LogP contribution in [-0.4, -0.2) is 17.0 Å². The van der Waals surface area contributed by atoms with Crippen LogP contribution in [0.15, 0.2) is 35.2 Å². The lowest BCUT2D eigenvalue weighted by Gasteiger charge is -2.02. The molecule has 1 aromatic carbocycles. The van der Waals surface area contributed by atoms with Crippen LogP contribution in [0.1, 0.15) is 13.3 Å². The van der Waals surface area contributed by atoms with Crippen molar-refractivity contribution in [3.8, 4) is 0 Å². The second kappa shape index (κ2) is 5.22. The van der Waals surface area contributed by atoms with E-state index in [4.69, 9.17) is 5.11 Å². The minimum atomic E-state index is -0.179. The Morgan fingerprint density at radius 2 is 2.00 bits per heavy atom. The summed E-state index contributed by atoms with van der Waals surface area (Å²) in [6, 6.07) is 10.3. The van der Waals surface area contributed by atoms with Crippen molar-refractivity contribution < 1.29 is 5.11 Å². The number of hydrogen-bond acceptors (Lipinski definition) is 2. The first-order valence-electron chi connectivity index (χ1n) is 4.15. The summed E-state index contributed by atoms with van der Waals surface area (Å²) < 4.78 is 0. The molecule has 0 heterocycles. The van der Waals surface area contributed by atoms with E-state index in [2.05, 4.69) is 12.1 Å². The molecular weight excluding hydrogens is 168 g/mol. The number of rotatable bonds is 4. The van der Waals surface area contributed by atoms with Crippen molar-refractivity contribution in [2.45, 2.75) is 24.3 Å². The highest BCUT2D eigenvalue weighted by Crippen LogP contribution is 2.18. The maximum absolute atomic E-state index is 9.02. The highest BCUT2D eigenvalue weighted by molar-refractivity contribution is 7.99. The lowest BCUT2D eigenvalue weighted by molar-refractivity contribution is 0.192. The fourth-order valence-corrected chi connectivity index (χ4v) is 1.91. The van der Waals surface area contributed by atoms with Crippen molar-refractivity contribution in [1.29, 1.82) is 0 Å². The molecule has 0 aliphatic rings. The van der Waals surface area contributed by atoms with Crippen molar-refractivity contribution in [2.75, 3.05) is 5.75 Å². The summed E-state index contributed by atoms with van der Waals surface area (Å²) in [6.07, 6.45) is 0.681. The minimum Gasteiger partial charge on any atom is -0.393 e. The molecule has 0 bridgehead atoms. The molecular formula is C10H14OS. The van der Waals surface area contributed by atoms with Gasteiger partial charge in [0.25, 0.3) is 0 Å². The average molecular weight is 182 g/mol. The van der Waals surface area contributed by atoms with Gasteiger partial charge in [-0.3, -0.25) is 0 Å². The van der Waals surface area contributed by atoms with Crippen LogP contribution < -0.4 is 0 Å². The van der Waals surface area contributed by atoms with E-state index in [0.717, 1.165) is 12.2 Å². The molecule has 66 valence electrons. The Morgan fingerprint density at radius 3 is 2.58 bits per heavy atom. The normalized spacial score (nSPS) is 12.8. The van der Waals surface area contributed by atoms with Crippen LogP contribution in [0, 0.1) is 0 Å². The quantitative estimate of drug-likeness (QED) is 0.722. The van der Waals surface area contributed by atoms with Crippen LogP contribution in [0.3, 0.4) is 0 Å². The lowest BCUT2D eigenvalue weighted by atomic mass is 10.3. The Kier molecular flexibility index (Phi) is 4.19. The molecule has 0 aliphatic carbocycles. The Balaban J connectivity index is 2.25. The first-order chi connectivity index (χ1) is 5.79. The molecule has 1 nitrogen and oxygen atoms in total. The van der Waals surface area contributed by atoms with Gasteiger partial charge in [0.1, 0.15) is 0 Å². The molecule has 1 N–H and O–H groups in total. The van der Waals surface area contributed by atoms with Crippen LogP contribution in [-0.2, 0) is 0 Å². The van der Waals surface area contributed by atoms with Crippen LogP contribution in [0.5, 0.6) is 0 Å². The van der Waals surface area contributed by atoms with Crippen molar-refractivity contribution in [2.24, 2.45) is 0 Å². The first kappa shape index (κ1) is 9.62. The maximum atomic E-state index is 9.02. The predicted molar refractivity (Wildman–Crippen MR) is 53.5 cm³/mol. The summed E-state index contributed by atoms with van der Waals surface area (Å²) in [4.78, 5) is 1.28. The van der Waals surface area contributed by atoms with E-state index in [0.29, 0.717) is 0 Å². The monoisotopic (exact) mass is 182 g/mol. The van der Waals surface area contributed by atoms with Gasteiger partial charge < -0.3 is 5.11 Å². The topological polar surface area (TPSA) is 20.2 Å². The first-order valence-corrected chi connectivity index (χ1v) is 5.13. The molecule has 0 aliphatic heterocycles. The fourth-order valence-electron chi connectivity index (χ4n) is 0.864. The van der Waals surface area contributed by atoms with Crippen molar-refractivity contribution >= 4 is 11.8 Å². The molecule has 0 unspecified atom stereocenters. The Bertz CT molecular complexity index is 208. The number of benzene rings is 1. The van der Waals surface area contributed by atoms with Crippen LogP contribution >= 0.6 is 11.8 Å². The third kappa shape index (κ3) is 3.79. The molecule has 1 aromatic rings. The minimum absolute atomic E-state index is 0.179. The van der Waals surface area contributed by atoms with E-state index in [1.807, 2.05) is 25.1 Å². The summed E-state index contributed by atoms with van der Waals surface area (Å²) in [6.45, 7) is 1.82. The zero-order valence-electron chi connectivity index (χ0n) is 7.23. The highest BCUT2D eigenvalue weighted by Gasteiger charge is 1.96. The van der Waals surface area contributed by atoms with Gasteiger partial charge in [0.2, 0.25) is 0 Å². The molecule has 0 saturated carbocycles. The van der Waals surface area contributed by atoms with E-state index in [1.165, 1.54) is 4.90 Å². The zero-order chi connectivity index (χ0) is 8.81. The summed E-state index contributed by atoms with van der Waals surface area (Å²) in [5, 5.41) is 9.02. The molecule has 1 rings (SSSR count). The van der Waals surface area contributed by atoms with Gasteiger partial charge in [0, 0.05) is 10.6 Å². The van der Waals surface area contributed by atoms with Crippen molar-refractivity contribution in [1.82, 2.24) is 0 Å². The van der Waals surface area contributed by atoms with Gasteiger partial charge in [-0.25, -0.2) is 0 Å². The number of hydrogen-bond donors (Lipinski definition) is 1. The van der Waals surface area contributed by atoms with E-state index in [-0.39, 0.29) is 6.10 Å². The summed E-state index contributed by atoms with van der Waals surface area (Å²) in [5.41, 5.74) is 0. The molecule has 0 fully saturated rings. The van der Waals surface area contributed by atoms with Crippen molar-refractivity contribution in [3.63, 3.8) is 0 Å². The van der Waals surface area contributed by atoms with Gasteiger partial charge in [0.05, 0.1) is 6.10 Å². The molecule has 0 saturated heterocycles. The van der Waals surface area contributed by atoms with Crippen LogP contribution in [0.2, 0.25) is 0 Å². The van der Waals surface area contributed by atoms with Gasteiger partial charge in [-0.05, 0) is 25.5 Å². The SMILES string of the molecule is C[C@H](O)CCSc1ccccc1. The van der Waals surface area contributed by atoms with E-state index >= 15 is 0 Å². The molecule has 0 spiro atoms. The largest absolute Gasteiger partial charge is 0.393 e. The average Bonchev–Trinajstić information content (AvgIpc) is 2.05. The number of thioether (sulfide) groups is 1. The van der Waals surface area contributed by atoms with E-state index < -0.39 is 0 Å². The zero-order valence-corrected chi connectivity index (χ0v) is 8.05. The second-order valence-corrected chi connectivity index (χ2v) is 3.97. The lowest BCUT2D eigenvalue weighted by Crippen LogP contribution is -1.99. The Morgan fingerprint density at radius 1 is 1.33 bits per heavy atom. The van der Waals surface area contributed by atoms with Gasteiger partial charge in [-0.2, -0.15) is 0 Å². The fraction of sp³-hybridized carbons (Fsp3) is 0.400. The van der Waals surface area contributed by atoms with Gasteiger partial charge >= 0.3 is 0 Å². The van der Waals surface area contributed by atoms with E-state index in [9.17, 15) is 0 Å².